The van der Waals surface area contributed by atoms with Crippen LogP contribution in [0.2, 0.25) is 0 Å². The first kappa shape index (κ1) is 23.6. The Morgan fingerprint density at radius 1 is 1.11 bits per heavy atom. The molecule has 0 atom stereocenters. The molecule has 1 N–H and O–H groups in total. The van der Waals surface area contributed by atoms with Crippen LogP contribution in [0.4, 0.5) is 22.2 Å². The van der Waals surface area contributed by atoms with E-state index in [1.165, 1.54) is 0 Å². The van der Waals surface area contributed by atoms with Gasteiger partial charge in [0.2, 0.25) is 5.95 Å². The van der Waals surface area contributed by atoms with Crippen LogP contribution in [0.3, 0.4) is 0 Å². The summed E-state index contributed by atoms with van der Waals surface area (Å²) in [6.07, 6.45) is 6.28. The highest BCUT2D eigenvalue weighted by atomic mass is 16.6. The molecule has 0 aliphatic carbocycles. The SMILES string of the molecule is Cn1ncc2cc(Nc3nc(N4CCC5(CCN(C(=O)OC(C)(C)C)C5)CC4)c4occc4n3)ccc21. The van der Waals surface area contributed by atoms with Gasteiger partial charge in [0.15, 0.2) is 11.4 Å². The number of furan rings is 1. The average molecular weight is 504 g/mol. The molecular weight excluding hydrogens is 470 g/mol. The van der Waals surface area contributed by atoms with Crippen molar-refractivity contribution in [3.8, 4) is 0 Å². The van der Waals surface area contributed by atoms with Gasteiger partial charge in [-0.2, -0.15) is 10.1 Å². The number of aryl methyl sites for hydroxylation is 1. The Morgan fingerprint density at radius 2 is 1.89 bits per heavy atom. The molecule has 0 radical (unpaired) electrons. The number of likely N-dealkylation sites (tertiary alicyclic amines) is 1. The number of aromatic nitrogens is 4. The lowest BCUT2D eigenvalue weighted by molar-refractivity contribution is 0.0266. The van der Waals surface area contributed by atoms with Gasteiger partial charge in [0, 0.05) is 50.4 Å². The van der Waals surface area contributed by atoms with E-state index in [1.54, 1.807) is 6.26 Å². The number of amides is 1. The van der Waals surface area contributed by atoms with Gasteiger partial charge in [-0.15, -0.1) is 0 Å². The van der Waals surface area contributed by atoms with Gasteiger partial charge in [0.25, 0.3) is 0 Å². The van der Waals surface area contributed by atoms with Crippen LogP contribution < -0.4 is 10.2 Å². The van der Waals surface area contributed by atoms with E-state index in [1.807, 2.05) is 67.9 Å². The van der Waals surface area contributed by atoms with Gasteiger partial charge in [0.1, 0.15) is 11.1 Å². The molecule has 1 spiro atoms. The van der Waals surface area contributed by atoms with Crippen LogP contribution in [0.1, 0.15) is 40.0 Å². The fourth-order valence-corrected chi connectivity index (χ4v) is 5.51. The number of ether oxygens (including phenoxy) is 1. The number of nitrogens with one attached hydrogen (secondary N) is 1. The summed E-state index contributed by atoms with van der Waals surface area (Å²) >= 11 is 0. The maximum atomic E-state index is 12.6. The molecule has 1 aromatic carbocycles. The summed E-state index contributed by atoms with van der Waals surface area (Å²) in [5.41, 5.74) is 3.09. The van der Waals surface area contributed by atoms with Crippen molar-refractivity contribution < 1.29 is 13.9 Å². The van der Waals surface area contributed by atoms with Crippen molar-refractivity contribution in [3.63, 3.8) is 0 Å². The highest BCUT2D eigenvalue weighted by molar-refractivity contribution is 5.87. The summed E-state index contributed by atoms with van der Waals surface area (Å²) < 4.78 is 13.3. The summed E-state index contributed by atoms with van der Waals surface area (Å²) in [5.74, 6) is 1.33. The van der Waals surface area contributed by atoms with E-state index in [9.17, 15) is 4.79 Å². The molecule has 0 bridgehead atoms. The van der Waals surface area contributed by atoms with E-state index in [0.29, 0.717) is 11.5 Å². The zero-order chi connectivity index (χ0) is 25.8. The zero-order valence-corrected chi connectivity index (χ0v) is 21.8. The molecule has 37 heavy (non-hydrogen) atoms. The number of rotatable bonds is 3. The quantitative estimate of drug-likeness (QED) is 0.413. The molecule has 2 aliphatic rings. The molecule has 6 rings (SSSR count). The minimum Gasteiger partial charge on any atom is -0.459 e. The molecule has 194 valence electrons. The third-order valence-corrected chi connectivity index (χ3v) is 7.50. The summed E-state index contributed by atoms with van der Waals surface area (Å²) in [6, 6.07) is 7.96. The van der Waals surface area contributed by atoms with Gasteiger partial charge in [-0.3, -0.25) is 4.68 Å². The highest BCUT2D eigenvalue weighted by Crippen LogP contribution is 2.42. The van der Waals surface area contributed by atoms with Gasteiger partial charge < -0.3 is 24.3 Å². The Balaban J connectivity index is 1.18. The number of benzene rings is 1. The molecule has 0 unspecified atom stereocenters. The first-order valence-corrected chi connectivity index (χ1v) is 12.9. The maximum absolute atomic E-state index is 12.6. The van der Waals surface area contributed by atoms with Gasteiger partial charge in [-0.05, 0) is 63.6 Å². The standard InChI is InChI=1S/C27H33N7O3/c1-26(2,3)37-25(35)34-13-10-27(17-34)8-11-33(12-9-27)23-22-20(7-14-36-22)30-24(31-23)29-19-5-6-21-18(15-19)16-28-32(21)4/h5-7,14-16H,8-13,17H2,1-4H3,(H,29,30,31). The minimum atomic E-state index is -0.479. The van der Waals surface area contributed by atoms with Crippen LogP contribution in [0, 0.1) is 5.41 Å². The highest BCUT2D eigenvalue weighted by Gasteiger charge is 2.43. The van der Waals surface area contributed by atoms with Gasteiger partial charge >= 0.3 is 6.09 Å². The summed E-state index contributed by atoms with van der Waals surface area (Å²) in [7, 11) is 1.93. The number of fused-ring (bicyclic) bond motifs is 2. The number of carbonyl (C=O) groups is 1. The summed E-state index contributed by atoms with van der Waals surface area (Å²) in [5, 5.41) is 8.74. The number of piperidine rings is 1. The Labute approximate surface area is 215 Å². The Bertz CT molecular complexity index is 1460. The number of nitrogens with zero attached hydrogens (tertiary/aromatic N) is 6. The zero-order valence-electron chi connectivity index (χ0n) is 21.8. The van der Waals surface area contributed by atoms with Crippen LogP contribution >= 0.6 is 0 Å². The third-order valence-electron chi connectivity index (χ3n) is 7.50. The third kappa shape index (κ3) is 4.56. The lowest BCUT2D eigenvalue weighted by atomic mass is 9.78. The molecule has 1 amide bonds. The minimum absolute atomic E-state index is 0.128. The second kappa shape index (κ2) is 8.64. The normalized spacial score (nSPS) is 17.7. The van der Waals surface area contributed by atoms with Gasteiger partial charge in [-0.25, -0.2) is 9.78 Å². The van der Waals surface area contributed by atoms with Gasteiger partial charge in [-0.1, -0.05) is 0 Å². The van der Waals surface area contributed by atoms with Crippen LogP contribution in [-0.2, 0) is 11.8 Å². The lowest BCUT2D eigenvalue weighted by Crippen LogP contribution is -2.43. The predicted octanol–water partition coefficient (Wildman–Crippen LogP) is 5.08. The van der Waals surface area contributed by atoms with Crippen molar-refractivity contribution in [2.75, 3.05) is 36.4 Å². The molecule has 5 heterocycles. The monoisotopic (exact) mass is 503 g/mol. The molecule has 10 heteroatoms. The van der Waals surface area contributed by atoms with Crippen LogP contribution in [-0.4, -0.2) is 62.5 Å². The Morgan fingerprint density at radius 3 is 2.68 bits per heavy atom. The van der Waals surface area contributed by atoms with E-state index in [4.69, 9.17) is 14.1 Å². The van der Waals surface area contributed by atoms with Crippen LogP contribution in [0.15, 0.2) is 41.1 Å². The van der Waals surface area contributed by atoms with Crippen molar-refractivity contribution in [2.45, 2.75) is 45.6 Å². The smallest absolute Gasteiger partial charge is 0.410 e. The summed E-state index contributed by atoms with van der Waals surface area (Å²) in [4.78, 5) is 26.3. The second-order valence-electron chi connectivity index (χ2n) is 11.3. The fraction of sp³-hybridized carbons (Fsp3) is 0.481. The van der Waals surface area contributed by atoms with Crippen molar-refractivity contribution >= 4 is 45.5 Å². The van der Waals surface area contributed by atoms with Crippen LogP contribution in [0.5, 0.6) is 0 Å². The van der Waals surface area contributed by atoms with Crippen molar-refractivity contribution in [2.24, 2.45) is 12.5 Å². The topological polar surface area (TPSA) is 102 Å². The number of carbonyl (C=O) groups excluding carboxylic acids is 1. The van der Waals surface area contributed by atoms with E-state index in [-0.39, 0.29) is 11.5 Å². The largest absolute Gasteiger partial charge is 0.459 e. The predicted molar refractivity (Wildman–Crippen MR) is 142 cm³/mol. The van der Waals surface area contributed by atoms with Crippen molar-refractivity contribution in [1.29, 1.82) is 0 Å². The first-order valence-electron chi connectivity index (χ1n) is 12.9. The fourth-order valence-electron chi connectivity index (χ4n) is 5.51. The van der Waals surface area contributed by atoms with Crippen molar-refractivity contribution in [1.82, 2.24) is 24.6 Å². The second-order valence-corrected chi connectivity index (χ2v) is 11.3. The number of anilines is 3. The molecule has 0 saturated carbocycles. The van der Waals surface area contributed by atoms with Crippen molar-refractivity contribution in [3.05, 3.63) is 36.7 Å². The van der Waals surface area contributed by atoms with E-state index < -0.39 is 5.60 Å². The Hall–Kier alpha value is -3.82. The first-order chi connectivity index (χ1) is 17.7. The molecule has 2 aliphatic heterocycles. The molecule has 4 aromatic rings. The lowest BCUT2D eigenvalue weighted by Gasteiger charge is -2.39. The molecular formula is C27H33N7O3. The average Bonchev–Trinajstić information content (AvgIpc) is 3.58. The van der Waals surface area contributed by atoms with Crippen LogP contribution in [0.25, 0.3) is 22.0 Å². The number of hydrogen-bond donors (Lipinski definition) is 1. The van der Waals surface area contributed by atoms with E-state index >= 15 is 0 Å². The van der Waals surface area contributed by atoms with E-state index in [0.717, 1.165) is 73.4 Å². The molecule has 10 nitrogen and oxygen atoms in total. The number of hydrogen-bond acceptors (Lipinski definition) is 8. The van der Waals surface area contributed by atoms with E-state index in [2.05, 4.69) is 20.3 Å². The van der Waals surface area contributed by atoms with Gasteiger partial charge in [0.05, 0.1) is 18.0 Å². The maximum Gasteiger partial charge on any atom is 0.410 e. The summed E-state index contributed by atoms with van der Waals surface area (Å²) in [6.45, 7) is 8.91. The molecule has 2 saturated heterocycles. The molecule has 2 fully saturated rings. The Kier molecular flexibility index (Phi) is 5.50. The molecule has 3 aromatic heterocycles.